The van der Waals surface area contributed by atoms with E-state index in [9.17, 15) is 13.6 Å². The molecule has 0 aliphatic carbocycles. The summed E-state index contributed by atoms with van der Waals surface area (Å²) in [6, 6.07) is 16.4. The second-order valence-corrected chi connectivity index (χ2v) is 8.69. The van der Waals surface area contributed by atoms with Crippen LogP contribution in [0.25, 0.3) is 0 Å². The van der Waals surface area contributed by atoms with Crippen LogP contribution in [0.2, 0.25) is 0 Å². The third kappa shape index (κ3) is 4.94. The molecule has 162 valence electrons. The van der Waals surface area contributed by atoms with E-state index in [0.29, 0.717) is 24.3 Å². The van der Waals surface area contributed by atoms with Crippen molar-refractivity contribution in [2.45, 2.75) is 19.0 Å². The molecular formula is C24H25F2N3OS. The molecule has 2 heterocycles. The summed E-state index contributed by atoms with van der Waals surface area (Å²) in [4.78, 5) is 18.3. The Morgan fingerprint density at radius 3 is 2.45 bits per heavy atom. The molecular weight excluding hydrogens is 416 g/mol. The number of anilines is 1. The van der Waals surface area contributed by atoms with Crippen molar-refractivity contribution in [3.05, 3.63) is 88.1 Å². The predicted molar refractivity (Wildman–Crippen MR) is 121 cm³/mol. The third-order valence-electron chi connectivity index (χ3n) is 5.65. The molecule has 1 aromatic heterocycles. The molecule has 7 heteroatoms. The first-order chi connectivity index (χ1) is 15.0. The molecule has 1 amide bonds. The van der Waals surface area contributed by atoms with Crippen LogP contribution in [0.1, 0.15) is 28.2 Å². The molecule has 31 heavy (non-hydrogen) atoms. The van der Waals surface area contributed by atoms with Crippen LogP contribution in [0.15, 0.2) is 66.0 Å². The van der Waals surface area contributed by atoms with Gasteiger partial charge in [-0.25, -0.2) is 8.78 Å². The summed E-state index contributed by atoms with van der Waals surface area (Å²) in [7, 11) is 0. The summed E-state index contributed by atoms with van der Waals surface area (Å²) in [5, 5.41) is 5.07. The average Bonchev–Trinajstić information content (AvgIpc) is 3.29. The maximum absolute atomic E-state index is 14.2. The first-order valence-electron chi connectivity index (χ1n) is 10.4. The lowest BCUT2D eigenvalue weighted by atomic mass is 10.0. The van der Waals surface area contributed by atoms with E-state index in [1.54, 1.807) is 23.5 Å². The molecule has 0 unspecified atom stereocenters. The minimum Gasteiger partial charge on any atom is -0.367 e. The van der Waals surface area contributed by atoms with Gasteiger partial charge in [-0.05, 0) is 48.7 Å². The summed E-state index contributed by atoms with van der Waals surface area (Å²) in [5.41, 5.74) is 0.934. The summed E-state index contributed by atoms with van der Waals surface area (Å²) >= 11 is 1.65. The van der Waals surface area contributed by atoms with E-state index in [2.05, 4.69) is 21.2 Å². The maximum Gasteiger partial charge on any atom is 0.251 e. The van der Waals surface area contributed by atoms with E-state index in [1.807, 2.05) is 30.5 Å². The van der Waals surface area contributed by atoms with Crippen molar-refractivity contribution in [1.29, 1.82) is 0 Å². The molecule has 0 saturated carbocycles. The van der Waals surface area contributed by atoms with Crippen molar-refractivity contribution in [1.82, 2.24) is 10.2 Å². The second-order valence-electron chi connectivity index (χ2n) is 7.71. The van der Waals surface area contributed by atoms with Gasteiger partial charge in [0.25, 0.3) is 5.91 Å². The number of nitrogens with one attached hydrogen (secondary N) is 1. The van der Waals surface area contributed by atoms with Gasteiger partial charge in [-0.1, -0.05) is 24.3 Å². The molecule has 1 fully saturated rings. The Labute approximate surface area is 185 Å². The number of amides is 1. The van der Waals surface area contributed by atoms with Gasteiger partial charge in [0.15, 0.2) is 0 Å². The number of hydrogen-bond donors (Lipinski definition) is 1. The van der Waals surface area contributed by atoms with Gasteiger partial charge >= 0.3 is 0 Å². The molecule has 1 saturated heterocycles. The summed E-state index contributed by atoms with van der Waals surface area (Å²) in [6.45, 7) is 4.87. The van der Waals surface area contributed by atoms with Gasteiger partial charge in [0.1, 0.15) is 11.6 Å². The molecule has 3 aromatic rings. The van der Waals surface area contributed by atoms with E-state index in [4.69, 9.17) is 0 Å². The number of piperazine rings is 1. The lowest BCUT2D eigenvalue weighted by molar-refractivity contribution is 0.0890. The summed E-state index contributed by atoms with van der Waals surface area (Å²) in [6.07, 6.45) is 0. The number of nitrogens with zero attached hydrogens (tertiary/aromatic N) is 2. The number of hydrogen-bond acceptors (Lipinski definition) is 4. The van der Waals surface area contributed by atoms with Crippen LogP contribution in [0.4, 0.5) is 14.5 Å². The van der Waals surface area contributed by atoms with Crippen molar-refractivity contribution in [3.8, 4) is 0 Å². The Balaban J connectivity index is 1.47. The first kappa shape index (κ1) is 21.5. The number of benzene rings is 2. The fourth-order valence-electron chi connectivity index (χ4n) is 4.15. The zero-order valence-electron chi connectivity index (χ0n) is 17.3. The van der Waals surface area contributed by atoms with Gasteiger partial charge in [0.05, 0.1) is 11.7 Å². The third-order valence-corrected chi connectivity index (χ3v) is 6.60. The van der Waals surface area contributed by atoms with Gasteiger partial charge < -0.3 is 10.2 Å². The monoisotopic (exact) mass is 441 g/mol. The number of rotatable bonds is 6. The van der Waals surface area contributed by atoms with Crippen molar-refractivity contribution in [2.24, 2.45) is 0 Å². The van der Waals surface area contributed by atoms with E-state index in [0.717, 1.165) is 18.0 Å². The van der Waals surface area contributed by atoms with Crippen LogP contribution in [0, 0.1) is 11.6 Å². The van der Waals surface area contributed by atoms with Gasteiger partial charge in [0.2, 0.25) is 0 Å². The Bertz CT molecular complexity index is 1020. The van der Waals surface area contributed by atoms with Crippen LogP contribution in [-0.2, 0) is 0 Å². The van der Waals surface area contributed by atoms with Gasteiger partial charge in [-0.2, -0.15) is 0 Å². The standard InChI is InChI=1S/C24H25F2N3OS/c1-17(27-24(30)18-6-4-7-19(25)16-18)23(22-10-5-15-31-22)29-13-11-28(12-14-29)21-9-3-2-8-20(21)26/h2-10,15-17,23H,11-14H2,1H3,(H,27,30)/t17-,23+/m1/s1. The highest BCUT2D eigenvalue weighted by Crippen LogP contribution is 2.30. The van der Waals surface area contributed by atoms with Crippen LogP contribution >= 0.6 is 11.3 Å². The first-order valence-corrected chi connectivity index (χ1v) is 11.2. The minimum atomic E-state index is -0.431. The molecule has 2 atom stereocenters. The number of thiophene rings is 1. The lowest BCUT2D eigenvalue weighted by Gasteiger charge is -2.42. The van der Waals surface area contributed by atoms with Crippen molar-refractivity contribution >= 4 is 22.9 Å². The Morgan fingerprint density at radius 2 is 1.77 bits per heavy atom. The normalized spacial score (nSPS) is 16.7. The van der Waals surface area contributed by atoms with Crippen molar-refractivity contribution in [2.75, 3.05) is 31.1 Å². The average molecular weight is 442 g/mol. The highest BCUT2D eigenvalue weighted by Gasteiger charge is 2.31. The SMILES string of the molecule is C[C@@H](NC(=O)c1cccc(F)c1)[C@@H](c1cccs1)N1CCN(c2ccccc2F)CC1. The van der Waals surface area contributed by atoms with Gasteiger partial charge in [-0.15, -0.1) is 11.3 Å². The van der Waals surface area contributed by atoms with Crippen LogP contribution in [-0.4, -0.2) is 43.0 Å². The highest BCUT2D eigenvalue weighted by molar-refractivity contribution is 7.10. The fraction of sp³-hybridized carbons (Fsp3) is 0.292. The zero-order valence-corrected chi connectivity index (χ0v) is 18.1. The largest absolute Gasteiger partial charge is 0.367 e. The molecule has 2 aromatic carbocycles. The highest BCUT2D eigenvalue weighted by atomic mass is 32.1. The quantitative estimate of drug-likeness (QED) is 0.602. The second kappa shape index (κ2) is 9.58. The molecule has 1 aliphatic rings. The lowest BCUT2D eigenvalue weighted by Crippen LogP contribution is -2.52. The minimum absolute atomic E-state index is 0.0136. The Kier molecular flexibility index (Phi) is 6.63. The smallest absolute Gasteiger partial charge is 0.251 e. The molecule has 4 nitrogen and oxygen atoms in total. The molecule has 0 radical (unpaired) electrons. The van der Waals surface area contributed by atoms with E-state index in [1.165, 1.54) is 24.3 Å². The van der Waals surface area contributed by atoms with Crippen LogP contribution in [0.5, 0.6) is 0 Å². The Morgan fingerprint density at radius 1 is 1.00 bits per heavy atom. The van der Waals surface area contributed by atoms with E-state index >= 15 is 0 Å². The summed E-state index contributed by atoms with van der Waals surface area (Å²) < 4.78 is 27.7. The van der Waals surface area contributed by atoms with Crippen LogP contribution in [0.3, 0.4) is 0 Å². The van der Waals surface area contributed by atoms with E-state index in [-0.39, 0.29) is 23.8 Å². The fourth-order valence-corrected chi connectivity index (χ4v) is 5.11. The number of carbonyl (C=O) groups is 1. The topological polar surface area (TPSA) is 35.6 Å². The number of carbonyl (C=O) groups excluding carboxylic acids is 1. The molecule has 1 N–H and O–H groups in total. The molecule has 0 spiro atoms. The number of para-hydroxylation sites is 1. The van der Waals surface area contributed by atoms with Gasteiger partial charge in [-0.3, -0.25) is 9.69 Å². The van der Waals surface area contributed by atoms with Crippen molar-refractivity contribution < 1.29 is 13.6 Å². The number of halogens is 2. The predicted octanol–water partition coefficient (Wildman–Crippen LogP) is 4.71. The van der Waals surface area contributed by atoms with E-state index < -0.39 is 5.82 Å². The van der Waals surface area contributed by atoms with Crippen LogP contribution < -0.4 is 10.2 Å². The summed E-state index contributed by atoms with van der Waals surface area (Å²) in [5.74, 6) is -0.931. The maximum atomic E-state index is 14.2. The van der Waals surface area contributed by atoms with Gasteiger partial charge in [0, 0.05) is 42.7 Å². The molecule has 4 rings (SSSR count). The zero-order chi connectivity index (χ0) is 21.8. The molecule has 0 bridgehead atoms. The van der Waals surface area contributed by atoms with Crippen molar-refractivity contribution in [3.63, 3.8) is 0 Å². The molecule has 1 aliphatic heterocycles. The Hall–Kier alpha value is -2.77.